The average molecular weight is 1080 g/mol. The lowest BCUT2D eigenvalue weighted by Gasteiger charge is -2.41. The molecule has 6 N–H and O–H groups in total. The van der Waals surface area contributed by atoms with Gasteiger partial charge in [0, 0.05) is 39.2 Å². The first kappa shape index (κ1) is 64.1. The molecule has 2 aromatic rings. The van der Waals surface area contributed by atoms with Crippen LogP contribution in [0.3, 0.4) is 0 Å². The number of amides is 6. The van der Waals surface area contributed by atoms with E-state index in [2.05, 4.69) is 26.3 Å². The molecule has 6 amide bonds. The molecule has 2 fully saturated rings. The van der Waals surface area contributed by atoms with Gasteiger partial charge in [0.2, 0.25) is 29.5 Å². The molecule has 2 heterocycles. The van der Waals surface area contributed by atoms with Gasteiger partial charge in [0.25, 0.3) is 5.91 Å². The number of benzene rings is 2. The van der Waals surface area contributed by atoms with Gasteiger partial charge in [0.15, 0.2) is 0 Å². The van der Waals surface area contributed by atoms with Crippen LogP contribution in [-0.4, -0.2) is 168 Å². The molecule has 2 aliphatic rings. The maximum Gasteiger partial charge on any atom is 0.306 e. The summed E-state index contributed by atoms with van der Waals surface area (Å²) < 4.78 is 6.03. The summed E-state index contributed by atoms with van der Waals surface area (Å²) in [6, 6.07) is 12.7. The van der Waals surface area contributed by atoms with Crippen LogP contribution in [0.25, 0.3) is 0 Å². The highest BCUT2D eigenvalue weighted by molar-refractivity contribution is 5.91. The Bertz CT molecular complexity index is 2180. The molecule has 77 heavy (non-hydrogen) atoms. The van der Waals surface area contributed by atoms with Crippen LogP contribution in [0, 0.1) is 29.6 Å². The van der Waals surface area contributed by atoms with Gasteiger partial charge < -0.3 is 45.6 Å². The number of aliphatic carboxylic acids is 1. The topological polar surface area (TPSA) is 239 Å². The Kier molecular flexibility index (Phi) is 26.5. The molecule has 9 atom stereocenters. The minimum atomic E-state index is -1.28. The molecule has 19 nitrogen and oxygen atoms in total. The van der Waals surface area contributed by atoms with Gasteiger partial charge in [0.1, 0.15) is 12.1 Å². The van der Waals surface area contributed by atoms with Crippen molar-refractivity contribution in [3.05, 3.63) is 65.7 Å². The number of likely N-dealkylation sites (N-methyl/N-ethyl adjacent to an activating group) is 2. The number of unbranched alkanes of at least 4 members (excludes halogenated alkanes) is 2. The van der Waals surface area contributed by atoms with Crippen LogP contribution < -0.4 is 21.4 Å². The molecule has 0 bridgehead atoms. The third-order valence-corrected chi connectivity index (χ3v) is 15.6. The van der Waals surface area contributed by atoms with E-state index in [1.165, 1.54) is 7.11 Å². The number of methoxy groups -OCH3 is 1. The van der Waals surface area contributed by atoms with E-state index in [4.69, 9.17) is 9.57 Å². The summed E-state index contributed by atoms with van der Waals surface area (Å²) in [6.45, 7) is 16.1. The summed E-state index contributed by atoms with van der Waals surface area (Å²) in [7, 11) is 6.88. The first-order valence-electron chi connectivity index (χ1n) is 27.9. The van der Waals surface area contributed by atoms with Crippen molar-refractivity contribution in [1.29, 1.82) is 0 Å². The molecular formula is C58H92N8O11. The second-order valence-corrected chi connectivity index (χ2v) is 22.3. The van der Waals surface area contributed by atoms with E-state index in [1.807, 2.05) is 90.9 Å². The maximum absolute atomic E-state index is 14.4. The fourth-order valence-electron chi connectivity index (χ4n) is 10.8. The minimum absolute atomic E-state index is 0.00178. The fraction of sp³-hybridized carbons (Fsp3) is 0.672. The van der Waals surface area contributed by atoms with Crippen molar-refractivity contribution in [2.45, 2.75) is 168 Å². The van der Waals surface area contributed by atoms with E-state index in [0.717, 1.165) is 50.0 Å². The molecule has 0 spiro atoms. The van der Waals surface area contributed by atoms with Crippen molar-refractivity contribution in [1.82, 2.24) is 35.7 Å². The number of anilines is 1. The molecule has 0 aromatic heterocycles. The van der Waals surface area contributed by atoms with Crippen LogP contribution in [0.15, 0.2) is 54.6 Å². The van der Waals surface area contributed by atoms with E-state index < -0.39 is 66.1 Å². The number of carbonyl (C=O) groups is 7. The van der Waals surface area contributed by atoms with E-state index in [-0.39, 0.29) is 66.7 Å². The van der Waals surface area contributed by atoms with Gasteiger partial charge in [-0.15, -0.1) is 0 Å². The Morgan fingerprint density at radius 1 is 0.779 bits per heavy atom. The van der Waals surface area contributed by atoms with Crippen LogP contribution in [0.4, 0.5) is 5.69 Å². The number of carboxylic acids is 1. The third-order valence-electron chi connectivity index (χ3n) is 15.6. The number of piperidine rings is 1. The van der Waals surface area contributed by atoms with Gasteiger partial charge in [0.05, 0.1) is 55.2 Å². The monoisotopic (exact) mass is 1080 g/mol. The zero-order valence-electron chi connectivity index (χ0n) is 47.8. The number of carbonyl (C=O) groups excluding carboxylic acids is 6. The molecule has 2 aromatic carbocycles. The number of carboxylic acid groups (broad SMARTS) is 1. The van der Waals surface area contributed by atoms with Crippen molar-refractivity contribution >= 4 is 47.1 Å². The van der Waals surface area contributed by atoms with Crippen LogP contribution in [0.2, 0.25) is 0 Å². The quantitative estimate of drug-likeness (QED) is 0.0419. The summed E-state index contributed by atoms with van der Waals surface area (Å²) in [6.07, 6.45) is 4.10. The minimum Gasteiger partial charge on any atom is -0.481 e. The Morgan fingerprint density at radius 3 is 2.03 bits per heavy atom. The third kappa shape index (κ3) is 19.4. The predicted molar refractivity (Wildman–Crippen MR) is 296 cm³/mol. The molecule has 0 radical (unpaired) electrons. The standard InChI is InChI=1S/C58H92N8O11/c1-12-39(6)52(64(10)57(73)50(37(2)3)61-56(72)51(38(4)5)63(8)9)47(76-11)35-49(68)66-31-19-22-46(66)53(69)40(7)54(70)60-45(34-41-20-15-13-16-21-41)55(71)62-77-36-42-24-26-44(27-25-42)59-48(67)23-17-14-18-30-65-32-28-43(29-33-65)58(74)75/h13,15-16,20-21,24-27,37-40,43,45-47,50-53,69H,12,14,17-19,22-23,28-36H2,1-11H3,(H,59,67)(H,60,70)(H,61,72)(H,62,71)(H,74,75)/t39-,40+,45-,46-,47+,50-,51-,52-,53+/m0/s1. The van der Waals surface area contributed by atoms with Crippen molar-refractivity contribution in [3.8, 4) is 0 Å². The summed E-state index contributed by atoms with van der Waals surface area (Å²) >= 11 is 0. The van der Waals surface area contributed by atoms with Crippen molar-refractivity contribution in [2.24, 2.45) is 29.6 Å². The molecule has 430 valence electrons. The van der Waals surface area contributed by atoms with Gasteiger partial charge >= 0.3 is 5.97 Å². The van der Waals surface area contributed by atoms with Crippen molar-refractivity contribution in [2.75, 3.05) is 59.7 Å². The van der Waals surface area contributed by atoms with Crippen LogP contribution in [-0.2, 0) is 56.2 Å². The van der Waals surface area contributed by atoms with E-state index in [9.17, 15) is 43.8 Å². The SMILES string of the molecule is CC[C@H](C)[C@@H]([C@@H](CC(=O)N1CCC[C@H]1[C@H](O)[C@@H](C)C(=O)N[C@@H](Cc1ccccc1)C(=O)NOCc1ccc(NC(=O)CCCCCN2CCC(C(=O)O)CC2)cc1)OC)N(C)C(=O)[C@@H](NC(=O)[C@H](C(C)C)N(C)C)C(C)C. The first-order chi connectivity index (χ1) is 36.6. The number of hydrogen-bond donors (Lipinski definition) is 6. The molecular weight excluding hydrogens is 985 g/mol. The van der Waals surface area contributed by atoms with Gasteiger partial charge in [-0.3, -0.25) is 43.3 Å². The Balaban J connectivity index is 1.32. The summed E-state index contributed by atoms with van der Waals surface area (Å²) in [5.41, 5.74) is 4.61. The number of aliphatic hydroxyl groups is 1. The lowest BCUT2D eigenvalue weighted by Crippen LogP contribution is -2.59. The van der Waals surface area contributed by atoms with E-state index >= 15 is 0 Å². The molecule has 2 saturated heterocycles. The van der Waals surface area contributed by atoms with Crippen molar-refractivity contribution in [3.63, 3.8) is 0 Å². The lowest BCUT2D eigenvalue weighted by molar-refractivity contribution is -0.147. The largest absolute Gasteiger partial charge is 0.481 e. The number of hydrogen-bond acceptors (Lipinski definition) is 12. The Morgan fingerprint density at radius 2 is 1.44 bits per heavy atom. The fourth-order valence-corrected chi connectivity index (χ4v) is 10.8. The van der Waals surface area contributed by atoms with E-state index in [1.54, 1.807) is 48.0 Å². The number of nitrogens with zero attached hydrogens (tertiary/aromatic N) is 4. The number of likely N-dealkylation sites (tertiary alicyclic amines) is 2. The van der Waals surface area contributed by atoms with E-state index in [0.29, 0.717) is 50.8 Å². The number of rotatable bonds is 31. The van der Waals surface area contributed by atoms with Crippen LogP contribution >= 0.6 is 0 Å². The number of ether oxygens (including phenoxy) is 1. The Hall–Kier alpha value is -5.47. The Labute approximate surface area is 457 Å². The number of hydroxylamine groups is 1. The van der Waals surface area contributed by atoms with Gasteiger partial charge in [-0.1, -0.05) is 104 Å². The molecule has 0 unspecified atom stereocenters. The molecule has 2 aliphatic heterocycles. The smallest absolute Gasteiger partial charge is 0.306 e. The maximum atomic E-state index is 14.4. The summed E-state index contributed by atoms with van der Waals surface area (Å²) in [5.74, 6) is -4.38. The number of aliphatic hydroxyl groups excluding tert-OH is 1. The second kappa shape index (κ2) is 31.8. The number of nitrogens with one attached hydrogen (secondary N) is 4. The lowest BCUT2D eigenvalue weighted by atomic mass is 9.89. The zero-order valence-corrected chi connectivity index (χ0v) is 47.8. The normalized spacial score (nSPS) is 18.4. The van der Waals surface area contributed by atoms with Crippen LogP contribution in [0.5, 0.6) is 0 Å². The summed E-state index contributed by atoms with van der Waals surface area (Å²) in [5, 5.41) is 29.8. The molecule has 0 aliphatic carbocycles. The predicted octanol–water partition coefficient (Wildman–Crippen LogP) is 5.25. The molecule has 4 rings (SSSR count). The first-order valence-corrected chi connectivity index (χ1v) is 27.9. The van der Waals surface area contributed by atoms with Gasteiger partial charge in [-0.2, -0.15) is 0 Å². The zero-order chi connectivity index (χ0) is 56.9. The average Bonchev–Trinajstić information content (AvgIpc) is 3.91. The second-order valence-electron chi connectivity index (χ2n) is 22.3. The van der Waals surface area contributed by atoms with Gasteiger partial charge in [-0.05, 0) is 113 Å². The van der Waals surface area contributed by atoms with Gasteiger partial charge in [-0.25, -0.2) is 5.48 Å². The highest BCUT2D eigenvalue weighted by Crippen LogP contribution is 2.29. The van der Waals surface area contributed by atoms with Crippen molar-refractivity contribution < 1.29 is 53.3 Å². The molecule has 19 heteroatoms. The highest BCUT2D eigenvalue weighted by Gasteiger charge is 2.43. The highest BCUT2D eigenvalue weighted by atomic mass is 16.7. The van der Waals surface area contributed by atoms with Crippen LogP contribution in [0.1, 0.15) is 124 Å². The molecule has 0 saturated carbocycles. The summed E-state index contributed by atoms with van der Waals surface area (Å²) in [4.78, 5) is 107.